The van der Waals surface area contributed by atoms with E-state index in [4.69, 9.17) is 4.98 Å². The van der Waals surface area contributed by atoms with E-state index in [9.17, 15) is 9.90 Å². The first-order valence-corrected chi connectivity index (χ1v) is 8.95. The van der Waals surface area contributed by atoms with Crippen LogP contribution in [0.5, 0.6) is 0 Å². The first-order valence-electron chi connectivity index (χ1n) is 8.15. The first kappa shape index (κ1) is 16.0. The number of aromatic nitrogens is 2. The van der Waals surface area contributed by atoms with Gasteiger partial charge in [0, 0.05) is 22.0 Å². The maximum Gasteiger partial charge on any atom is 0.326 e. The Morgan fingerprint density at radius 3 is 2.72 bits per heavy atom. The number of benzene rings is 2. The summed E-state index contributed by atoms with van der Waals surface area (Å²) < 4.78 is 0.957. The fraction of sp³-hybridized carbons (Fsp3) is 0.211. The van der Waals surface area contributed by atoms with Gasteiger partial charge < -0.3 is 10.0 Å². The van der Waals surface area contributed by atoms with E-state index in [0.717, 1.165) is 33.1 Å². The third-order valence-electron chi connectivity index (χ3n) is 4.49. The van der Waals surface area contributed by atoms with E-state index in [1.54, 1.807) is 4.90 Å². The standard InChI is InChI=1S/C19H16BrN3O2/c20-13-8-9-15-14(11-13)17(12-5-2-1-3-6-12)22-19(21-15)23-10-4-7-16(23)18(24)25/h1-3,5-6,8-9,11,16H,4,7,10H2,(H,24,25). The van der Waals surface area contributed by atoms with Crippen LogP contribution in [-0.2, 0) is 4.79 Å². The Bertz CT molecular complexity index is 946. The SMILES string of the molecule is O=C(O)C1CCCN1c1nc(-c2ccccc2)c2cc(Br)ccc2n1. The monoisotopic (exact) mass is 397 g/mol. The number of carboxylic acids is 1. The number of carboxylic acid groups (broad SMARTS) is 1. The predicted octanol–water partition coefficient (Wildman–Crippen LogP) is 4.11. The van der Waals surface area contributed by atoms with Crippen molar-refractivity contribution in [2.24, 2.45) is 0 Å². The van der Waals surface area contributed by atoms with Gasteiger partial charge in [0.2, 0.25) is 5.95 Å². The third kappa shape index (κ3) is 2.98. The summed E-state index contributed by atoms with van der Waals surface area (Å²) in [6, 6.07) is 15.2. The van der Waals surface area contributed by atoms with Crippen LogP contribution in [-0.4, -0.2) is 33.6 Å². The molecule has 0 spiro atoms. The molecule has 0 aliphatic carbocycles. The zero-order valence-corrected chi connectivity index (χ0v) is 15.0. The van der Waals surface area contributed by atoms with Crippen LogP contribution >= 0.6 is 15.9 Å². The van der Waals surface area contributed by atoms with E-state index in [1.165, 1.54) is 0 Å². The van der Waals surface area contributed by atoms with Crippen LogP contribution in [0, 0.1) is 0 Å². The molecule has 1 unspecified atom stereocenters. The van der Waals surface area contributed by atoms with Crippen molar-refractivity contribution in [3.05, 3.63) is 53.0 Å². The van der Waals surface area contributed by atoms with E-state index in [2.05, 4.69) is 20.9 Å². The summed E-state index contributed by atoms with van der Waals surface area (Å²) in [5.41, 5.74) is 2.61. The lowest BCUT2D eigenvalue weighted by atomic mass is 10.1. The van der Waals surface area contributed by atoms with Crippen molar-refractivity contribution in [2.75, 3.05) is 11.4 Å². The van der Waals surface area contributed by atoms with Crippen LogP contribution in [0.15, 0.2) is 53.0 Å². The molecule has 1 saturated heterocycles. The first-order chi connectivity index (χ1) is 12.1. The van der Waals surface area contributed by atoms with Crippen molar-refractivity contribution < 1.29 is 9.90 Å². The summed E-state index contributed by atoms with van der Waals surface area (Å²) >= 11 is 3.51. The minimum Gasteiger partial charge on any atom is -0.480 e. The summed E-state index contributed by atoms with van der Waals surface area (Å²) in [6.45, 7) is 0.660. The number of rotatable bonds is 3. The summed E-state index contributed by atoms with van der Waals surface area (Å²) in [5.74, 6) is -0.336. The number of halogens is 1. The van der Waals surface area contributed by atoms with Crippen LogP contribution in [0.4, 0.5) is 5.95 Å². The highest BCUT2D eigenvalue weighted by Gasteiger charge is 2.32. The van der Waals surface area contributed by atoms with Gasteiger partial charge in [0.15, 0.2) is 0 Å². The number of hydrogen-bond donors (Lipinski definition) is 1. The minimum atomic E-state index is -0.821. The molecule has 1 fully saturated rings. The van der Waals surface area contributed by atoms with Crippen LogP contribution in [0.1, 0.15) is 12.8 Å². The lowest BCUT2D eigenvalue weighted by Gasteiger charge is -2.22. The molecule has 1 atom stereocenters. The molecule has 1 aliphatic heterocycles. The molecule has 1 N–H and O–H groups in total. The van der Waals surface area contributed by atoms with E-state index < -0.39 is 12.0 Å². The molecule has 0 radical (unpaired) electrons. The largest absolute Gasteiger partial charge is 0.480 e. The highest BCUT2D eigenvalue weighted by Crippen LogP contribution is 2.32. The molecule has 1 aromatic heterocycles. The maximum atomic E-state index is 11.5. The molecule has 25 heavy (non-hydrogen) atoms. The van der Waals surface area contributed by atoms with Crippen molar-refractivity contribution in [2.45, 2.75) is 18.9 Å². The molecule has 6 heteroatoms. The second kappa shape index (κ2) is 6.44. The summed E-state index contributed by atoms with van der Waals surface area (Å²) in [7, 11) is 0. The molecule has 0 bridgehead atoms. The van der Waals surface area contributed by atoms with Gasteiger partial charge in [-0.15, -0.1) is 0 Å². The van der Waals surface area contributed by atoms with Gasteiger partial charge in [0.25, 0.3) is 0 Å². The highest BCUT2D eigenvalue weighted by molar-refractivity contribution is 9.10. The van der Waals surface area contributed by atoms with Crippen LogP contribution in [0.2, 0.25) is 0 Å². The van der Waals surface area contributed by atoms with Crippen LogP contribution in [0.25, 0.3) is 22.2 Å². The van der Waals surface area contributed by atoms with Crippen molar-refractivity contribution in [3.63, 3.8) is 0 Å². The summed E-state index contributed by atoms with van der Waals surface area (Å²) in [5, 5.41) is 10.4. The smallest absolute Gasteiger partial charge is 0.326 e. The van der Waals surface area contributed by atoms with Crippen molar-refractivity contribution in [1.29, 1.82) is 0 Å². The molecule has 4 rings (SSSR count). The molecular weight excluding hydrogens is 382 g/mol. The summed E-state index contributed by atoms with van der Waals surface area (Å²) in [6.07, 6.45) is 1.46. The van der Waals surface area contributed by atoms with E-state index in [1.807, 2.05) is 48.5 Å². The lowest BCUT2D eigenvalue weighted by molar-refractivity contribution is -0.138. The van der Waals surface area contributed by atoms with Gasteiger partial charge >= 0.3 is 5.97 Å². The van der Waals surface area contributed by atoms with Crippen LogP contribution < -0.4 is 4.90 Å². The Kier molecular flexibility index (Phi) is 4.13. The van der Waals surface area contributed by atoms with Gasteiger partial charge in [-0.25, -0.2) is 14.8 Å². The third-order valence-corrected chi connectivity index (χ3v) is 4.98. The van der Waals surface area contributed by atoms with Gasteiger partial charge in [-0.1, -0.05) is 46.3 Å². The Labute approximate surface area is 153 Å². The quantitative estimate of drug-likeness (QED) is 0.719. The normalized spacial score (nSPS) is 17.2. The fourth-order valence-electron chi connectivity index (χ4n) is 3.30. The molecule has 2 heterocycles. The van der Waals surface area contributed by atoms with E-state index in [0.29, 0.717) is 18.9 Å². The van der Waals surface area contributed by atoms with Gasteiger partial charge in [-0.2, -0.15) is 0 Å². The molecule has 126 valence electrons. The minimum absolute atomic E-state index is 0.485. The van der Waals surface area contributed by atoms with Gasteiger partial charge in [-0.05, 0) is 31.0 Å². The number of aliphatic carboxylic acids is 1. The van der Waals surface area contributed by atoms with E-state index >= 15 is 0 Å². The molecule has 0 amide bonds. The molecule has 3 aromatic rings. The number of anilines is 1. The molecular formula is C19H16BrN3O2. The topological polar surface area (TPSA) is 66.3 Å². The van der Waals surface area contributed by atoms with Crippen LogP contribution in [0.3, 0.4) is 0 Å². The van der Waals surface area contributed by atoms with Crippen molar-refractivity contribution in [1.82, 2.24) is 9.97 Å². The molecule has 0 saturated carbocycles. The number of fused-ring (bicyclic) bond motifs is 1. The van der Waals surface area contributed by atoms with Gasteiger partial charge in [-0.3, -0.25) is 0 Å². The van der Waals surface area contributed by atoms with Gasteiger partial charge in [0.1, 0.15) is 6.04 Å². The summed E-state index contributed by atoms with van der Waals surface area (Å²) in [4.78, 5) is 22.8. The Hall–Kier alpha value is -2.47. The average Bonchev–Trinajstić information content (AvgIpc) is 3.12. The Morgan fingerprint density at radius 1 is 1.16 bits per heavy atom. The van der Waals surface area contributed by atoms with Crippen molar-refractivity contribution in [3.8, 4) is 11.3 Å². The highest BCUT2D eigenvalue weighted by atomic mass is 79.9. The molecule has 2 aromatic carbocycles. The van der Waals surface area contributed by atoms with E-state index in [-0.39, 0.29) is 0 Å². The maximum absolute atomic E-state index is 11.5. The number of hydrogen-bond acceptors (Lipinski definition) is 4. The number of carbonyl (C=O) groups is 1. The fourth-order valence-corrected chi connectivity index (χ4v) is 3.66. The molecule has 5 nitrogen and oxygen atoms in total. The average molecular weight is 398 g/mol. The molecule has 1 aliphatic rings. The second-order valence-electron chi connectivity index (χ2n) is 6.09. The van der Waals surface area contributed by atoms with Gasteiger partial charge in [0.05, 0.1) is 11.2 Å². The zero-order chi connectivity index (χ0) is 17.4. The second-order valence-corrected chi connectivity index (χ2v) is 7.01. The Balaban J connectivity index is 1.93. The zero-order valence-electron chi connectivity index (χ0n) is 13.4. The number of nitrogens with zero attached hydrogens (tertiary/aromatic N) is 3. The Morgan fingerprint density at radius 2 is 1.96 bits per heavy atom. The predicted molar refractivity (Wildman–Crippen MR) is 101 cm³/mol. The lowest BCUT2D eigenvalue weighted by Crippen LogP contribution is -2.37. The van der Waals surface area contributed by atoms with Crippen molar-refractivity contribution >= 4 is 38.8 Å².